The molecule has 3 rings (SSSR count). The van der Waals surface area contributed by atoms with Crippen molar-refractivity contribution < 1.29 is 14.6 Å². The lowest BCUT2D eigenvalue weighted by atomic mass is 10.1. The summed E-state index contributed by atoms with van der Waals surface area (Å²) in [6.07, 6.45) is 2.39. The van der Waals surface area contributed by atoms with Gasteiger partial charge in [-0.15, -0.1) is 0 Å². The fourth-order valence-corrected chi connectivity index (χ4v) is 2.68. The molecule has 0 saturated heterocycles. The maximum atomic E-state index is 12.3. The first kappa shape index (κ1) is 13.7. The molecular weight excluding hydrogens is 288 g/mol. The molecule has 0 bridgehead atoms. The summed E-state index contributed by atoms with van der Waals surface area (Å²) in [5.74, 6) is 0.483. The predicted octanol–water partition coefficient (Wildman–Crippen LogP) is 3.88. The normalized spacial score (nSPS) is 15.3. The average Bonchev–Trinajstić information content (AvgIpc) is 2.76. The van der Waals surface area contributed by atoms with Crippen LogP contribution in [-0.4, -0.2) is 18.0 Å². The molecule has 1 N–H and O–H groups in total. The number of methoxy groups -OCH3 is 1. The first-order valence-electron chi connectivity index (χ1n) is 6.49. The Balaban J connectivity index is 1.97. The summed E-state index contributed by atoms with van der Waals surface area (Å²) < 4.78 is 5.07. The number of phenols is 1. The summed E-state index contributed by atoms with van der Waals surface area (Å²) in [6.45, 7) is 0. The molecule has 1 aliphatic rings. The van der Waals surface area contributed by atoms with E-state index in [-0.39, 0.29) is 11.5 Å². The van der Waals surface area contributed by atoms with E-state index in [1.807, 2.05) is 12.1 Å². The van der Waals surface area contributed by atoms with Gasteiger partial charge in [-0.3, -0.25) is 4.79 Å². The molecule has 2 aromatic carbocycles. The van der Waals surface area contributed by atoms with Gasteiger partial charge in [-0.2, -0.15) is 0 Å². The van der Waals surface area contributed by atoms with Crippen LogP contribution in [0.15, 0.2) is 42.0 Å². The number of phenolic OH excluding ortho intramolecular Hbond substituents is 1. The smallest absolute Gasteiger partial charge is 0.189 e. The van der Waals surface area contributed by atoms with Crippen LogP contribution in [0.2, 0.25) is 5.02 Å². The van der Waals surface area contributed by atoms with E-state index in [2.05, 4.69) is 0 Å². The quantitative estimate of drug-likeness (QED) is 0.856. The minimum atomic E-state index is 0.0220. The molecule has 1 aliphatic carbocycles. The zero-order chi connectivity index (χ0) is 15.0. The molecular formula is C17H13ClO3. The van der Waals surface area contributed by atoms with Gasteiger partial charge in [-0.25, -0.2) is 0 Å². The van der Waals surface area contributed by atoms with Crippen molar-refractivity contribution >= 4 is 23.5 Å². The van der Waals surface area contributed by atoms with Gasteiger partial charge in [0, 0.05) is 22.6 Å². The molecule has 0 amide bonds. The molecule has 0 aromatic heterocycles. The number of rotatable bonds is 2. The van der Waals surface area contributed by atoms with Crippen LogP contribution in [0.5, 0.6) is 11.5 Å². The lowest BCUT2D eigenvalue weighted by Crippen LogP contribution is -1.95. The molecule has 0 aliphatic heterocycles. The van der Waals surface area contributed by atoms with Crippen LogP contribution in [0.3, 0.4) is 0 Å². The summed E-state index contributed by atoms with van der Waals surface area (Å²) in [6, 6.07) is 10.3. The Morgan fingerprint density at radius 2 is 2.05 bits per heavy atom. The second kappa shape index (κ2) is 5.26. The summed E-state index contributed by atoms with van der Waals surface area (Å²) >= 11 is 5.96. The number of allylic oxidation sites excluding steroid dienone is 1. The number of fused-ring (bicyclic) bond motifs is 1. The lowest BCUT2D eigenvalue weighted by molar-refractivity contribution is 0.104. The Labute approximate surface area is 127 Å². The fraction of sp³-hybridized carbons (Fsp3) is 0.118. The third-order valence-electron chi connectivity index (χ3n) is 3.53. The van der Waals surface area contributed by atoms with E-state index in [9.17, 15) is 9.90 Å². The molecule has 0 unspecified atom stereocenters. The van der Waals surface area contributed by atoms with Gasteiger partial charge in [-0.05, 0) is 47.5 Å². The third-order valence-corrected chi connectivity index (χ3v) is 3.76. The van der Waals surface area contributed by atoms with Crippen LogP contribution < -0.4 is 4.74 Å². The van der Waals surface area contributed by atoms with Gasteiger partial charge in [0.2, 0.25) is 0 Å². The first-order valence-corrected chi connectivity index (χ1v) is 6.87. The highest BCUT2D eigenvalue weighted by Crippen LogP contribution is 2.32. The topological polar surface area (TPSA) is 46.5 Å². The van der Waals surface area contributed by atoms with Gasteiger partial charge in [0.25, 0.3) is 0 Å². The van der Waals surface area contributed by atoms with Gasteiger partial charge in [0.05, 0.1) is 7.11 Å². The van der Waals surface area contributed by atoms with Crippen molar-refractivity contribution in [2.75, 3.05) is 7.11 Å². The lowest BCUT2D eigenvalue weighted by Gasteiger charge is -2.04. The van der Waals surface area contributed by atoms with Crippen molar-refractivity contribution in [3.8, 4) is 11.5 Å². The van der Waals surface area contributed by atoms with Crippen LogP contribution in [0, 0.1) is 0 Å². The number of ether oxygens (including phenoxy) is 1. The largest absolute Gasteiger partial charge is 0.504 e. The highest BCUT2D eigenvalue weighted by Gasteiger charge is 2.24. The fourth-order valence-electron chi connectivity index (χ4n) is 2.49. The number of aromatic hydroxyl groups is 1. The van der Waals surface area contributed by atoms with Crippen molar-refractivity contribution in [1.29, 1.82) is 0 Å². The molecule has 21 heavy (non-hydrogen) atoms. The molecule has 0 spiro atoms. The van der Waals surface area contributed by atoms with Gasteiger partial charge < -0.3 is 9.84 Å². The first-order chi connectivity index (χ1) is 10.1. The molecule has 3 nitrogen and oxygen atoms in total. The highest BCUT2D eigenvalue weighted by atomic mass is 35.5. The van der Waals surface area contributed by atoms with Crippen LogP contribution in [0.25, 0.3) is 6.08 Å². The van der Waals surface area contributed by atoms with Gasteiger partial charge >= 0.3 is 0 Å². The number of ketones is 1. The number of carbonyl (C=O) groups is 1. The van der Waals surface area contributed by atoms with E-state index in [1.54, 1.807) is 30.3 Å². The van der Waals surface area contributed by atoms with E-state index in [4.69, 9.17) is 16.3 Å². The summed E-state index contributed by atoms with van der Waals surface area (Å²) in [4.78, 5) is 12.3. The number of carbonyl (C=O) groups excluding carboxylic acids is 1. The summed E-state index contributed by atoms with van der Waals surface area (Å²) in [5.41, 5.74) is 3.17. The summed E-state index contributed by atoms with van der Waals surface area (Å²) in [5, 5.41) is 10.2. The highest BCUT2D eigenvalue weighted by molar-refractivity contribution is 6.31. The van der Waals surface area contributed by atoms with Crippen LogP contribution in [-0.2, 0) is 6.42 Å². The van der Waals surface area contributed by atoms with Crippen LogP contribution in [0.4, 0.5) is 0 Å². The maximum Gasteiger partial charge on any atom is 0.189 e. The summed E-state index contributed by atoms with van der Waals surface area (Å²) in [7, 11) is 1.49. The maximum absolute atomic E-state index is 12.3. The van der Waals surface area contributed by atoms with Crippen molar-refractivity contribution in [3.05, 3.63) is 63.7 Å². The Morgan fingerprint density at radius 3 is 2.81 bits per heavy atom. The SMILES string of the molecule is COc1cc(/C=C2\Cc3cc(Cl)ccc3C2=O)ccc1O. The van der Waals surface area contributed by atoms with E-state index < -0.39 is 0 Å². The number of hydrogen-bond acceptors (Lipinski definition) is 3. The standard InChI is InChI=1S/C17H13ClO3/c1-21-16-7-10(2-5-15(16)19)6-12-8-11-9-13(18)3-4-14(11)17(12)20/h2-7,9,19H,8H2,1H3/b12-6+. The molecule has 0 fully saturated rings. The Kier molecular flexibility index (Phi) is 3.43. The van der Waals surface area contributed by atoms with Gasteiger partial charge in [0.15, 0.2) is 17.3 Å². The number of benzene rings is 2. The van der Waals surface area contributed by atoms with Crippen molar-refractivity contribution in [2.45, 2.75) is 6.42 Å². The monoisotopic (exact) mass is 300 g/mol. The third kappa shape index (κ3) is 2.52. The molecule has 106 valence electrons. The average molecular weight is 301 g/mol. The van der Waals surface area contributed by atoms with E-state index in [1.165, 1.54) is 7.11 Å². The van der Waals surface area contributed by atoms with E-state index in [0.29, 0.717) is 28.3 Å². The number of Topliss-reactive ketones (excluding diaryl/α,β-unsaturated/α-hetero) is 1. The molecule has 0 atom stereocenters. The van der Waals surface area contributed by atoms with Crippen molar-refractivity contribution in [3.63, 3.8) is 0 Å². The number of hydrogen-bond donors (Lipinski definition) is 1. The second-order valence-corrected chi connectivity index (χ2v) is 5.34. The second-order valence-electron chi connectivity index (χ2n) is 4.91. The van der Waals surface area contributed by atoms with Crippen LogP contribution >= 0.6 is 11.6 Å². The predicted molar refractivity (Wildman–Crippen MR) is 82.1 cm³/mol. The van der Waals surface area contributed by atoms with E-state index >= 15 is 0 Å². The zero-order valence-electron chi connectivity index (χ0n) is 11.4. The molecule has 2 aromatic rings. The Bertz CT molecular complexity index is 763. The molecule has 4 heteroatoms. The van der Waals surface area contributed by atoms with E-state index in [0.717, 1.165) is 11.1 Å². The van der Waals surface area contributed by atoms with Gasteiger partial charge in [-0.1, -0.05) is 17.7 Å². The minimum absolute atomic E-state index is 0.0220. The molecule has 0 heterocycles. The zero-order valence-corrected chi connectivity index (χ0v) is 12.1. The Hall–Kier alpha value is -2.26. The van der Waals surface area contributed by atoms with Crippen molar-refractivity contribution in [2.24, 2.45) is 0 Å². The van der Waals surface area contributed by atoms with Crippen molar-refractivity contribution in [1.82, 2.24) is 0 Å². The number of halogens is 1. The van der Waals surface area contributed by atoms with Gasteiger partial charge in [0.1, 0.15) is 0 Å². The molecule has 0 saturated carbocycles. The molecule has 0 radical (unpaired) electrons. The minimum Gasteiger partial charge on any atom is -0.504 e. The van der Waals surface area contributed by atoms with Crippen LogP contribution in [0.1, 0.15) is 21.5 Å². The Morgan fingerprint density at radius 1 is 1.24 bits per heavy atom.